The topological polar surface area (TPSA) is 65.5 Å². The predicted octanol–water partition coefficient (Wildman–Crippen LogP) is 1.39. The summed E-state index contributed by atoms with van der Waals surface area (Å²) in [5.74, 6) is -0.193. The average Bonchev–Trinajstić information content (AvgIpc) is 2.88. The second-order valence-electron chi connectivity index (χ2n) is 5.24. The van der Waals surface area contributed by atoms with Crippen LogP contribution in [-0.4, -0.2) is 46.1 Å². The third-order valence-electron chi connectivity index (χ3n) is 3.49. The van der Waals surface area contributed by atoms with E-state index in [1.165, 1.54) is 12.4 Å². The molecule has 1 amide bonds. The Morgan fingerprint density at radius 1 is 1.63 bits per heavy atom. The van der Waals surface area contributed by atoms with Crippen molar-refractivity contribution >= 4 is 5.91 Å². The zero-order valence-electron chi connectivity index (χ0n) is 11.5. The zero-order chi connectivity index (χ0) is 13.8. The molecule has 1 aliphatic rings. The summed E-state index contributed by atoms with van der Waals surface area (Å²) >= 11 is 0. The van der Waals surface area contributed by atoms with E-state index in [-0.39, 0.29) is 17.7 Å². The Hall–Kier alpha value is -1.62. The average molecular weight is 263 g/mol. The number of rotatable bonds is 4. The maximum absolute atomic E-state index is 12.5. The van der Waals surface area contributed by atoms with E-state index in [4.69, 9.17) is 0 Å². The van der Waals surface area contributed by atoms with Gasteiger partial charge in [-0.05, 0) is 39.3 Å². The highest BCUT2D eigenvalue weighted by molar-refractivity contribution is 5.96. The van der Waals surface area contributed by atoms with E-state index in [9.17, 15) is 9.90 Å². The van der Waals surface area contributed by atoms with Crippen LogP contribution in [0.4, 0.5) is 0 Å². The van der Waals surface area contributed by atoms with Crippen LogP contribution in [0.15, 0.2) is 18.5 Å². The Balaban J connectivity index is 2.14. The minimum Gasteiger partial charge on any atom is -0.505 e. The van der Waals surface area contributed by atoms with Gasteiger partial charge < -0.3 is 15.3 Å². The fraction of sp³-hybridized carbons (Fsp3) is 0.571. The van der Waals surface area contributed by atoms with Crippen molar-refractivity contribution in [1.29, 1.82) is 0 Å². The summed E-state index contributed by atoms with van der Waals surface area (Å²) in [4.78, 5) is 18.1. The van der Waals surface area contributed by atoms with Gasteiger partial charge in [-0.2, -0.15) is 0 Å². The van der Waals surface area contributed by atoms with Crippen LogP contribution in [0.1, 0.15) is 37.0 Å². The van der Waals surface area contributed by atoms with Gasteiger partial charge in [0.05, 0.1) is 11.8 Å². The van der Waals surface area contributed by atoms with Crippen molar-refractivity contribution in [3.8, 4) is 5.75 Å². The standard InChI is InChI=1S/C14H21N3O2/c1-10(2)17(9-11-4-3-6-16-11)14(19)12-5-7-15-8-13(12)18/h5,7-8,10-11,16,18H,3-4,6,9H2,1-2H3. The van der Waals surface area contributed by atoms with Crippen LogP contribution in [0, 0.1) is 0 Å². The summed E-state index contributed by atoms with van der Waals surface area (Å²) < 4.78 is 0. The van der Waals surface area contributed by atoms with Crippen LogP contribution < -0.4 is 5.32 Å². The number of hydrogen-bond acceptors (Lipinski definition) is 4. The molecule has 2 heterocycles. The summed E-state index contributed by atoms with van der Waals surface area (Å²) in [6, 6.07) is 2.02. The van der Waals surface area contributed by atoms with Gasteiger partial charge in [-0.25, -0.2) is 0 Å². The highest BCUT2D eigenvalue weighted by Gasteiger charge is 2.25. The molecule has 0 saturated carbocycles. The summed E-state index contributed by atoms with van der Waals surface area (Å²) in [7, 11) is 0. The molecule has 1 atom stereocenters. The Kier molecular flexibility index (Phi) is 4.37. The fourth-order valence-electron chi connectivity index (χ4n) is 2.40. The molecule has 1 saturated heterocycles. The Bertz CT molecular complexity index is 442. The van der Waals surface area contributed by atoms with Crippen molar-refractivity contribution in [2.24, 2.45) is 0 Å². The van der Waals surface area contributed by atoms with Gasteiger partial charge in [0.2, 0.25) is 0 Å². The molecular formula is C14H21N3O2. The molecule has 1 aromatic heterocycles. The monoisotopic (exact) mass is 263 g/mol. The van der Waals surface area contributed by atoms with Gasteiger partial charge in [-0.1, -0.05) is 0 Å². The largest absolute Gasteiger partial charge is 0.505 e. The van der Waals surface area contributed by atoms with Crippen LogP contribution in [0.25, 0.3) is 0 Å². The van der Waals surface area contributed by atoms with E-state index in [1.807, 2.05) is 13.8 Å². The summed E-state index contributed by atoms with van der Waals surface area (Å²) in [6.45, 7) is 5.68. The Morgan fingerprint density at radius 3 is 3.00 bits per heavy atom. The number of pyridine rings is 1. The predicted molar refractivity (Wildman–Crippen MR) is 73.1 cm³/mol. The van der Waals surface area contributed by atoms with E-state index >= 15 is 0 Å². The normalized spacial score (nSPS) is 18.8. The van der Waals surface area contributed by atoms with E-state index < -0.39 is 0 Å². The van der Waals surface area contributed by atoms with Gasteiger partial charge in [0.15, 0.2) is 0 Å². The minimum absolute atomic E-state index is 0.0578. The molecule has 0 radical (unpaired) electrons. The van der Waals surface area contributed by atoms with Gasteiger partial charge in [0, 0.05) is 24.8 Å². The summed E-state index contributed by atoms with van der Waals surface area (Å²) in [5.41, 5.74) is 0.321. The highest BCUT2D eigenvalue weighted by atomic mass is 16.3. The second-order valence-corrected chi connectivity index (χ2v) is 5.24. The molecule has 0 bridgehead atoms. The van der Waals surface area contributed by atoms with Crippen LogP contribution in [0.5, 0.6) is 5.75 Å². The molecule has 5 nitrogen and oxygen atoms in total. The maximum atomic E-state index is 12.5. The van der Waals surface area contributed by atoms with Gasteiger partial charge in [-0.15, -0.1) is 0 Å². The first kappa shape index (κ1) is 13.8. The number of aromatic nitrogens is 1. The number of amides is 1. The lowest BCUT2D eigenvalue weighted by Gasteiger charge is -2.29. The molecule has 2 N–H and O–H groups in total. The summed E-state index contributed by atoms with van der Waals surface area (Å²) in [6.07, 6.45) is 5.09. The molecule has 19 heavy (non-hydrogen) atoms. The first-order chi connectivity index (χ1) is 9.09. The van der Waals surface area contributed by atoms with Crippen LogP contribution in [0.3, 0.4) is 0 Å². The van der Waals surface area contributed by atoms with E-state index in [0.29, 0.717) is 18.2 Å². The van der Waals surface area contributed by atoms with E-state index in [1.54, 1.807) is 11.0 Å². The zero-order valence-corrected chi connectivity index (χ0v) is 11.5. The lowest BCUT2D eigenvalue weighted by Crippen LogP contribution is -2.44. The maximum Gasteiger partial charge on any atom is 0.258 e. The van der Waals surface area contributed by atoms with Gasteiger partial charge in [-0.3, -0.25) is 9.78 Å². The van der Waals surface area contributed by atoms with Crippen LogP contribution in [0.2, 0.25) is 0 Å². The van der Waals surface area contributed by atoms with Crippen molar-refractivity contribution in [2.45, 2.75) is 38.8 Å². The lowest BCUT2D eigenvalue weighted by molar-refractivity contribution is 0.0686. The SMILES string of the molecule is CC(C)N(CC1CCCN1)C(=O)c1ccncc1O. The molecule has 0 aromatic carbocycles. The first-order valence-corrected chi connectivity index (χ1v) is 6.77. The molecule has 104 valence electrons. The summed E-state index contributed by atoms with van der Waals surface area (Å²) in [5, 5.41) is 13.1. The van der Waals surface area contributed by atoms with Gasteiger partial charge in [0.1, 0.15) is 5.75 Å². The molecule has 0 spiro atoms. The van der Waals surface area contributed by atoms with Crippen LogP contribution in [-0.2, 0) is 0 Å². The number of carbonyl (C=O) groups excluding carboxylic acids is 1. The quantitative estimate of drug-likeness (QED) is 0.861. The fourth-order valence-corrected chi connectivity index (χ4v) is 2.40. The van der Waals surface area contributed by atoms with Crippen molar-refractivity contribution in [3.05, 3.63) is 24.0 Å². The molecule has 1 aliphatic heterocycles. The smallest absolute Gasteiger partial charge is 0.258 e. The molecule has 0 aliphatic carbocycles. The van der Waals surface area contributed by atoms with E-state index in [0.717, 1.165) is 19.4 Å². The van der Waals surface area contributed by atoms with Crippen LogP contribution >= 0.6 is 0 Å². The van der Waals surface area contributed by atoms with E-state index in [2.05, 4.69) is 10.3 Å². The molecule has 2 rings (SSSR count). The van der Waals surface area contributed by atoms with Gasteiger partial charge >= 0.3 is 0 Å². The number of nitrogens with zero attached hydrogens (tertiary/aromatic N) is 2. The molecule has 5 heteroatoms. The Morgan fingerprint density at radius 2 is 2.42 bits per heavy atom. The van der Waals surface area contributed by atoms with Crippen molar-refractivity contribution in [1.82, 2.24) is 15.2 Å². The number of nitrogens with one attached hydrogen (secondary N) is 1. The molecular weight excluding hydrogens is 242 g/mol. The Labute approximate surface area is 113 Å². The number of aromatic hydroxyl groups is 1. The highest BCUT2D eigenvalue weighted by Crippen LogP contribution is 2.19. The lowest BCUT2D eigenvalue weighted by atomic mass is 10.1. The van der Waals surface area contributed by atoms with Gasteiger partial charge in [0.25, 0.3) is 5.91 Å². The number of carbonyl (C=O) groups is 1. The molecule has 1 fully saturated rings. The third-order valence-corrected chi connectivity index (χ3v) is 3.49. The van der Waals surface area contributed by atoms with Crippen molar-refractivity contribution in [3.63, 3.8) is 0 Å². The molecule has 1 aromatic rings. The first-order valence-electron chi connectivity index (χ1n) is 6.77. The third kappa shape index (κ3) is 3.23. The second kappa shape index (κ2) is 6.02. The molecule has 1 unspecified atom stereocenters. The minimum atomic E-state index is -0.136. The van der Waals surface area contributed by atoms with Crippen molar-refractivity contribution in [2.75, 3.05) is 13.1 Å². The van der Waals surface area contributed by atoms with Crippen molar-refractivity contribution < 1.29 is 9.90 Å². The number of hydrogen-bond donors (Lipinski definition) is 2.